The molecule has 0 aromatic heterocycles. The monoisotopic (exact) mass is 349 g/mol. The lowest BCUT2D eigenvalue weighted by Gasteiger charge is -2.21. The predicted molar refractivity (Wildman–Crippen MR) is 105 cm³/mol. The molecule has 0 aliphatic carbocycles. The van der Waals surface area contributed by atoms with Crippen LogP contribution in [0.3, 0.4) is 0 Å². The summed E-state index contributed by atoms with van der Waals surface area (Å²) in [6, 6.07) is 10.5. The van der Waals surface area contributed by atoms with Gasteiger partial charge in [-0.15, -0.1) is 11.8 Å². The van der Waals surface area contributed by atoms with Gasteiger partial charge in [-0.25, -0.2) is 0 Å². The predicted octanol–water partition coefficient (Wildman–Crippen LogP) is 1.58. The van der Waals surface area contributed by atoms with Crippen LogP contribution in [0.15, 0.2) is 40.2 Å². The Kier molecular flexibility index (Phi) is 9.02. The van der Waals surface area contributed by atoms with Crippen molar-refractivity contribution in [2.75, 3.05) is 65.7 Å². The first-order valence-electron chi connectivity index (χ1n) is 8.81. The van der Waals surface area contributed by atoms with Crippen molar-refractivity contribution in [1.82, 2.24) is 20.4 Å². The Morgan fingerprint density at radius 1 is 1.08 bits per heavy atom. The molecule has 24 heavy (non-hydrogen) atoms. The maximum atomic E-state index is 4.30. The van der Waals surface area contributed by atoms with Gasteiger partial charge in [-0.3, -0.25) is 4.99 Å². The summed E-state index contributed by atoms with van der Waals surface area (Å²) in [4.78, 5) is 10.6. The second-order valence-electron chi connectivity index (χ2n) is 6.09. The van der Waals surface area contributed by atoms with E-state index in [9.17, 15) is 0 Å². The second-order valence-corrected chi connectivity index (χ2v) is 7.25. The zero-order valence-corrected chi connectivity index (χ0v) is 15.8. The minimum Gasteiger partial charge on any atom is -0.356 e. The van der Waals surface area contributed by atoms with E-state index >= 15 is 0 Å². The summed E-state index contributed by atoms with van der Waals surface area (Å²) in [6.45, 7) is 7.68. The van der Waals surface area contributed by atoms with Gasteiger partial charge < -0.3 is 20.4 Å². The Bertz CT molecular complexity index is 480. The van der Waals surface area contributed by atoms with Crippen molar-refractivity contribution >= 4 is 17.7 Å². The van der Waals surface area contributed by atoms with Crippen LogP contribution in [0.1, 0.15) is 6.42 Å². The van der Waals surface area contributed by atoms with Crippen molar-refractivity contribution in [3.05, 3.63) is 30.3 Å². The summed E-state index contributed by atoms with van der Waals surface area (Å²) < 4.78 is 0. The molecule has 1 aromatic rings. The quantitative estimate of drug-likeness (QED) is 0.339. The second kappa shape index (κ2) is 11.3. The molecule has 0 bridgehead atoms. The minimum absolute atomic E-state index is 0.899. The summed E-state index contributed by atoms with van der Waals surface area (Å²) in [7, 11) is 4.04. The number of hydrogen-bond acceptors (Lipinski definition) is 4. The van der Waals surface area contributed by atoms with Crippen LogP contribution in [0.5, 0.6) is 0 Å². The largest absolute Gasteiger partial charge is 0.356 e. The number of nitrogens with one attached hydrogen (secondary N) is 2. The van der Waals surface area contributed by atoms with Gasteiger partial charge in [0.1, 0.15) is 0 Å². The summed E-state index contributed by atoms with van der Waals surface area (Å²) >= 11 is 1.86. The number of nitrogens with zero attached hydrogens (tertiary/aromatic N) is 3. The first-order chi connectivity index (χ1) is 11.8. The molecular formula is C18H31N5S. The maximum Gasteiger partial charge on any atom is 0.191 e. The summed E-state index contributed by atoms with van der Waals surface area (Å²) in [5.74, 6) is 1.93. The van der Waals surface area contributed by atoms with Crippen molar-refractivity contribution in [3.63, 3.8) is 0 Å². The van der Waals surface area contributed by atoms with E-state index in [1.807, 2.05) is 18.8 Å². The summed E-state index contributed by atoms with van der Waals surface area (Å²) in [6.07, 6.45) is 1.26. The lowest BCUT2D eigenvalue weighted by Crippen LogP contribution is -2.42. The number of aliphatic imine (C=N–C) groups is 1. The Morgan fingerprint density at radius 2 is 1.88 bits per heavy atom. The molecule has 1 fully saturated rings. The Morgan fingerprint density at radius 3 is 2.67 bits per heavy atom. The molecule has 2 N–H and O–H groups in total. The maximum absolute atomic E-state index is 4.30. The van der Waals surface area contributed by atoms with Crippen LogP contribution in [0.4, 0.5) is 0 Å². The molecule has 1 heterocycles. The van der Waals surface area contributed by atoms with E-state index in [4.69, 9.17) is 0 Å². The Balaban J connectivity index is 1.57. The van der Waals surface area contributed by atoms with Gasteiger partial charge in [-0.2, -0.15) is 0 Å². The van der Waals surface area contributed by atoms with Crippen molar-refractivity contribution < 1.29 is 0 Å². The molecule has 0 atom stereocenters. The molecule has 1 aromatic carbocycles. The third-order valence-corrected chi connectivity index (χ3v) is 5.18. The highest BCUT2D eigenvalue weighted by molar-refractivity contribution is 7.99. The van der Waals surface area contributed by atoms with Gasteiger partial charge in [0.15, 0.2) is 5.96 Å². The van der Waals surface area contributed by atoms with Crippen molar-refractivity contribution in [3.8, 4) is 0 Å². The molecule has 0 spiro atoms. The number of rotatable bonds is 7. The molecule has 0 radical (unpaired) electrons. The molecule has 6 heteroatoms. The number of guanidine groups is 1. The van der Waals surface area contributed by atoms with Gasteiger partial charge in [0.25, 0.3) is 0 Å². The summed E-state index contributed by atoms with van der Waals surface area (Å²) in [5.41, 5.74) is 0. The molecule has 0 unspecified atom stereocenters. The van der Waals surface area contributed by atoms with Gasteiger partial charge in [-0.1, -0.05) is 18.2 Å². The van der Waals surface area contributed by atoms with Crippen molar-refractivity contribution in [2.24, 2.45) is 4.99 Å². The number of benzene rings is 1. The molecule has 1 saturated heterocycles. The van der Waals surface area contributed by atoms with Crippen LogP contribution in [-0.4, -0.2) is 81.4 Å². The normalized spacial score (nSPS) is 17.5. The Labute approximate surface area is 150 Å². The van der Waals surface area contributed by atoms with Gasteiger partial charge >= 0.3 is 0 Å². The van der Waals surface area contributed by atoms with Crippen LogP contribution in [-0.2, 0) is 0 Å². The van der Waals surface area contributed by atoms with E-state index in [0.29, 0.717) is 0 Å². The zero-order valence-electron chi connectivity index (χ0n) is 15.0. The van der Waals surface area contributed by atoms with Crippen LogP contribution >= 0.6 is 11.8 Å². The lowest BCUT2D eigenvalue weighted by atomic mass is 10.4. The van der Waals surface area contributed by atoms with Crippen molar-refractivity contribution in [2.45, 2.75) is 11.3 Å². The Hall–Kier alpha value is -1.24. The van der Waals surface area contributed by atoms with Crippen molar-refractivity contribution in [1.29, 1.82) is 0 Å². The van der Waals surface area contributed by atoms with Gasteiger partial charge in [0, 0.05) is 50.4 Å². The van der Waals surface area contributed by atoms with Crippen LogP contribution in [0.25, 0.3) is 0 Å². The standard InChI is InChI=1S/C18H31N5S/c1-19-18(21-10-16-24-17-7-4-3-5-8-17)20-9-13-23-12-6-11-22(2)14-15-23/h3-5,7-8H,6,9-16H2,1-2H3,(H2,19,20,21). The van der Waals surface area contributed by atoms with Gasteiger partial charge in [0.2, 0.25) is 0 Å². The summed E-state index contributed by atoms with van der Waals surface area (Å²) in [5, 5.41) is 6.81. The number of likely N-dealkylation sites (N-methyl/N-ethyl adjacent to an activating group) is 1. The molecule has 0 amide bonds. The fourth-order valence-corrected chi connectivity index (χ4v) is 3.52. The molecule has 2 rings (SSSR count). The average Bonchev–Trinajstić information content (AvgIpc) is 2.82. The lowest BCUT2D eigenvalue weighted by molar-refractivity contribution is 0.280. The third-order valence-electron chi connectivity index (χ3n) is 4.16. The molecule has 134 valence electrons. The van der Waals surface area contributed by atoms with E-state index in [1.165, 1.54) is 31.0 Å². The molecule has 5 nitrogen and oxygen atoms in total. The third kappa shape index (κ3) is 7.55. The minimum atomic E-state index is 0.899. The topological polar surface area (TPSA) is 42.9 Å². The highest BCUT2D eigenvalue weighted by Crippen LogP contribution is 2.15. The molecular weight excluding hydrogens is 318 g/mol. The zero-order chi connectivity index (χ0) is 17.0. The van der Waals surface area contributed by atoms with E-state index < -0.39 is 0 Å². The highest BCUT2D eigenvalue weighted by Gasteiger charge is 2.11. The molecule has 0 saturated carbocycles. The van der Waals surface area contributed by atoms with Crippen LogP contribution < -0.4 is 10.6 Å². The fourth-order valence-electron chi connectivity index (χ4n) is 2.73. The highest BCUT2D eigenvalue weighted by atomic mass is 32.2. The van der Waals surface area contributed by atoms with Crippen LogP contribution in [0.2, 0.25) is 0 Å². The smallest absolute Gasteiger partial charge is 0.191 e. The fraction of sp³-hybridized carbons (Fsp3) is 0.611. The number of thioether (sulfide) groups is 1. The van der Waals surface area contributed by atoms with Gasteiger partial charge in [-0.05, 0) is 38.7 Å². The van der Waals surface area contributed by atoms with E-state index in [1.54, 1.807) is 0 Å². The first-order valence-corrected chi connectivity index (χ1v) is 9.80. The van der Waals surface area contributed by atoms with E-state index in [2.05, 4.69) is 62.8 Å². The number of hydrogen-bond donors (Lipinski definition) is 2. The molecule has 1 aliphatic rings. The SMILES string of the molecule is CN=C(NCCSc1ccccc1)NCCN1CCCN(C)CC1. The average molecular weight is 350 g/mol. The van der Waals surface area contributed by atoms with Gasteiger partial charge in [0.05, 0.1) is 0 Å². The first kappa shape index (κ1) is 19.1. The van der Waals surface area contributed by atoms with E-state index in [-0.39, 0.29) is 0 Å². The van der Waals surface area contributed by atoms with E-state index in [0.717, 1.165) is 37.9 Å². The van der Waals surface area contributed by atoms with Crippen LogP contribution in [0, 0.1) is 0 Å². The molecule has 1 aliphatic heterocycles.